The fourth-order valence-electron chi connectivity index (χ4n) is 13.0. The Hall–Kier alpha value is 0. The van der Waals surface area contributed by atoms with Crippen molar-refractivity contribution in [3.63, 3.8) is 0 Å². The summed E-state index contributed by atoms with van der Waals surface area (Å²) < 4.78 is 117. The highest BCUT2D eigenvalue weighted by atomic mass is 14.0. The van der Waals surface area contributed by atoms with Crippen LogP contribution in [-0.4, -0.2) is 0 Å². The summed E-state index contributed by atoms with van der Waals surface area (Å²) in [6, 6.07) is 0. The third-order valence-electron chi connectivity index (χ3n) is 22.1. The molecule has 0 aromatic carbocycles. The summed E-state index contributed by atoms with van der Waals surface area (Å²) >= 11 is 0. The average Bonchev–Trinajstić information content (AvgIpc) is 1.17. The minimum Gasteiger partial charge on any atom is -0.0654 e. The predicted molar refractivity (Wildman–Crippen MR) is 623 cm³/mol. The second kappa shape index (κ2) is 210. The molecule has 0 aliphatic heterocycles. The Morgan fingerprint density at radius 2 is 0.109 bits per heavy atom. The van der Waals surface area contributed by atoms with Gasteiger partial charge in [-0.25, -0.2) is 0 Å². The van der Waals surface area contributed by atoms with E-state index in [-0.39, 0.29) is 0 Å². The van der Waals surface area contributed by atoms with Crippen LogP contribution in [-0.2, 0) is 0 Å². The first-order chi connectivity index (χ1) is 71.2. The third kappa shape index (κ3) is 286. The Kier molecular flexibility index (Phi) is 200. The Bertz CT molecular complexity index is 1420. The van der Waals surface area contributed by atoms with Gasteiger partial charge in [-0.05, 0) is 0 Å². The van der Waals surface area contributed by atoms with Gasteiger partial charge in [0.2, 0.25) is 0 Å². The predicted octanol–water partition coefficient (Wildman–Crippen LogP) is 53.6. The molecule has 0 heterocycles. The van der Waals surface area contributed by atoms with Crippen molar-refractivity contribution in [2.24, 2.45) is 0 Å². The summed E-state index contributed by atoms with van der Waals surface area (Å²) in [7, 11) is 0. The van der Waals surface area contributed by atoms with Crippen LogP contribution >= 0.6 is 0 Å². The first kappa shape index (κ1) is 122. The van der Waals surface area contributed by atoms with Gasteiger partial charge in [0.1, 0.15) is 0 Å². The lowest BCUT2D eigenvalue weighted by Gasteiger charge is -2.04. The fourth-order valence-corrected chi connectivity index (χ4v) is 13.0. The molecule has 0 heteroatoms. The van der Waals surface area contributed by atoms with Crippen LogP contribution in [0, 0.1) is 0 Å². The first-order valence-electron chi connectivity index (χ1n) is 71.2. The Labute approximate surface area is 855 Å². The summed E-state index contributed by atoms with van der Waals surface area (Å²) in [6.45, 7) is 38.9. The SMILES string of the molecule is CCCCC.[3H]CCCCC.[3H]CCCCC.[3H]CCCCC.[3H]CCCCC.[3H]CCCCCC.[3H]CCCCCC.[3H]CCCCCCC.[3H]CCCCCCCC.[3H]CCCCCCCC.[3H]CCCCCCCC.[3H]CCCCCCCC.[3H]CCCCCCCCCCCCCCCCCCCCCCCC[3H].[3H]CCCCCCCCCCCCCC[3H].[3H]CCCCCCCCCCCCCC[3H]. The largest absolute Gasteiger partial charge is 0.0654 e. The maximum Gasteiger partial charge on any atom is 0.0230 e. The van der Waals surface area contributed by atoms with Gasteiger partial charge >= 0.3 is 0 Å². The molecule has 0 unspecified atom stereocenters. The number of rotatable bonds is 83. The Morgan fingerprint density at radius 1 is 0.0625 bits per heavy atom. The normalized spacial score (nSPS) is 11.6. The molecule has 0 bridgehead atoms. The molecule has 798 valence electrons. The minimum absolute atomic E-state index is 0.605. The van der Waals surface area contributed by atoms with Gasteiger partial charge in [-0.1, -0.05) is 837 Å². The monoisotopic (exact) mass is 1860 g/mol. The molecule has 0 N–H and O–H groups in total. The van der Waals surface area contributed by atoms with Gasteiger partial charge in [-0.15, -0.1) is 0 Å². The van der Waals surface area contributed by atoms with Crippen molar-refractivity contribution in [1.29, 1.82) is 0 Å². The molecule has 0 nitrogen and oxygen atoms in total. The van der Waals surface area contributed by atoms with E-state index in [4.69, 9.17) is 23.3 Å². The quantitative estimate of drug-likeness (QED) is 0.0533. The first-order valence-corrected chi connectivity index (χ1v) is 59.2. The van der Waals surface area contributed by atoms with Crippen LogP contribution in [0.25, 0.3) is 0 Å². The van der Waals surface area contributed by atoms with E-state index >= 15 is 0 Å². The Morgan fingerprint density at radius 3 is 0.180 bits per heavy atom. The van der Waals surface area contributed by atoms with E-state index in [1.165, 1.54) is 520 Å². The smallest absolute Gasteiger partial charge is 0.0230 e. The standard InChI is InChI=1S/C24H50.2C14H30.4C8H18.C7H16.2C6H14.5C5H12/c1-3-5-7-9-11-13-15-17-19-21-23-24-22-20-18-16-14-12-10-8-6-4-2;2*1-3-5-7-9-11-13-14-12-10-8-6-4-2;4*1-3-5-7-8-6-4-2;1-3-5-7-6-4-2;2*1-3-5-6-4-2;5*1-3-5-4-2/h3-24H2,1-2H3;2*3-14H2,1-2H3;4*3-8H2,1-2H3;3-7H2,1-2H3;2*3-6H2,1-2H3;5*3-5H2,1-2H3/i3*1T,2T;11*1T;. The van der Waals surface area contributed by atoms with Crippen LogP contribution in [0.2, 0.25) is 0 Å². The molecule has 0 aliphatic carbocycles. The second-order valence-electron chi connectivity index (χ2n) is 36.6. The van der Waals surface area contributed by atoms with Crippen LogP contribution in [0.1, 0.15) is 860 Å². The maximum absolute atomic E-state index is 7.12. The maximum atomic E-state index is 7.12. The molecule has 0 fully saturated rings. The second-order valence-corrected chi connectivity index (χ2v) is 36.6. The Balaban J connectivity index is -0.0000000988. The van der Waals surface area contributed by atoms with E-state index < -0.39 is 0 Å². The van der Waals surface area contributed by atoms with Gasteiger partial charge in [-0.3, -0.25) is 0 Å². The van der Waals surface area contributed by atoms with E-state index in [0.717, 1.165) is 109 Å². The molecule has 0 amide bonds. The average molecular weight is 1860 g/mol. The molecule has 128 heavy (non-hydrogen) atoms. The zero-order chi connectivity index (χ0) is 111. The van der Waals surface area contributed by atoms with Crippen molar-refractivity contribution >= 4 is 0 Å². The van der Waals surface area contributed by atoms with Gasteiger partial charge in [0.25, 0.3) is 0 Å². The van der Waals surface area contributed by atoms with E-state index in [9.17, 15) is 0 Å². The van der Waals surface area contributed by atoms with Crippen molar-refractivity contribution in [3.8, 4) is 0 Å². The van der Waals surface area contributed by atoms with E-state index in [1.807, 2.05) is 0 Å². The topological polar surface area (TPSA) is 0 Å². The molecular weight excluding hydrogens is 1540 g/mol. The van der Waals surface area contributed by atoms with Crippen molar-refractivity contribution in [3.05, 3.63) is 0 Å². The van der Waals surface area contributed by atoms with Crippen LogP contribution in [0.3, 0.4) is 0 Å². The summed E-state index contributed by atoms with van der Waals surface area (Å²) in [5.41, 5.74) is 0. The van der Waals surface area contributed by atoms with Crippen molar-refractivity contribution in [2.75, 3.05) is 0 Å². The van der Waals surface area contributed by atoms with Crippen LogP contribution in [0.4, 0.5) is 0 Å². The summed E-state index contributed by atoms with van der Waals surface area (Å²) in [5.74, 6) is 0. The molecule has 0 atom stereocenters. The number of hydrogen-bond donors (Lipinski definition) is 0. The lowest BCUT2D eigenvalue weighted by atomic mass is 10.0. The zero-order valence-electron chi connectivity index (χ0n) is 111. The molecule has 0 saturated heterocycles. The van der Waals surface area contributed by atoms with Gasteiger partial charge in [0.05, 0.1) is 0 Å². The summed E-state index contributed by atoms with van der Waals surface area (Å²) in [6.07, 6.45) is 127. The molecule has 0 saturated carbocycles. The van der Waals surface area contributed by atoms with Gasteiger partial charge in [0, 0.05) is 23.3 Å². The minimum atomic E-state index is 0.605. The van der Waals surface area contributed by atoms with Gasteiger partial charge < -0.3 is 0 Å². The van der Waals surface area contributed by atoms with Crippen LogP contribution in [0.5, 0.6) is 0 Å². The summed E-state index contributed by atoms with van der Waals surface area (Å²) in [5, 5.41) is 0. The van der Waals surface area contributed by atoms with E-state index in [2.05, 4.69) is 90.0 Å². The lowest BCUT2D eigenvalue weighted by molar-refractivity contribution is 0.520. The lowest BCUT2D eigenvalue weighted by Crippen LogP contribution is -1.84. The zero-order valence-corrected chi connectivity index (χ0v) is 94.3. The molecular formula is C128H286. The molecule has 0 radical (unpaired) electrons. The molecule has 0 aromatic heterocycles. The van der Waals surface area contributed by atoms with Crippen molar-refractivity contribution < 1.29 is 23.3 Å². The van der Waals surface area contributed by atoms with Gasteiger partial charge in [-0.2, -0.15) is 0 Å². The van der Waals surface area contributed by atoms with E-state index in [1.54, 1.807) is 0 Å². The third-order valence-corrected chi connectivity index (χ3v) is 22.1. The fraction of sp³-hybridized carbons (Fsp3) is 1.00. The van der Waals surface area contributed by atoms with Crippen LogP contribution < -0.4 is 0 Å². The molecule has 0 spiro atoms. The summed E-state index contributed by atoms with van der Waals surface area (Å²) in [4.78, 5) is 0. The highest BCUT2D eigenvalue weighted by Crippen LogP contribution is 2.18. The van der Waals surface area contributed by atoms with Gasteiger partial charge in [0.15, 0.2) is 0 Å². The highest BCUT2D eigenvalue weighted by molar-refractivity contribution is 4.54. The van der Waals surface area contributed by atoms with E-state index in [0.29, 0.717) is 117 Å². The molecule has 0 aromatic rings. The van der Waals surface area contributed by atoms with Crippen LogP contribution in [0.15, 0.2) is 0 Å². The number of unbranched alkanes of at least 4 members (excludes halogenated alkanes) is 83. The molecule has 0 rings (SSSR count). The number of hydrogen-bond acceptors (Lipinski definition) is 0. The van der Waals surface area contributed by atoms with Crippen molar-refractivity contribution in [2.45, 2.75) is 837 Å². The van der Waals surface area contributed by atoms with Crippen molar-refractivity contribution in [1.82, 2.24) is 0 Å². The molecule has 0 aliphatic rings. The highest BCUT2D eigenvalue weighted by Gasteiger charge is 1.98.